The lowest BCUT2D eigenvalue weighted by Crippen LogP contribution is -1.91. The SMILES string of the molecule is COc1ccc(/C=C(\C#N)c2nc(-c3ccc(F)cc3)cs2)cc1OC. The van der Waals surface area contributed by atoms with Gasteiger partial charge in [0.25, 0.3) is 0 Å². The first-order valence-electron chi connectivity index (χ1n) is 7.70. The number of hydrogen-bond acceptors (Lipinski definition) is 5. The lowest BCUT2D eigenvalue weighted by Gasteiger charge is -2.07. The lowest BCUT2D eigenvalue weighted by atomic mass is 10.1. The minimum Gasteiger partial charge on any atom is -0.493 e. The molecule has 3 aromatic rings. The van der Waals surface area contributed by atoms with Crippen molar-refractivity contribution in [1.82, 2.24) is 4.98 Å². The van der Waals surface area contributed by atoms with Gasteiger partial charge in [-0.25, -0.2) is 9.37 Å². The Morgan fingerprint density at radius 2 is 1.85 bits per heavy atom. The van der Waals surface area contributed by atoms with Crippen molar-refractivity contribution in [2.45, 2.75) is 0 Å². The van der Waals surface area contributed by atoms with Gasteiger partial charge in [-0.1, -0.05) is 6.07 Å². The largest absolute Gasteiger partial charge is 0.493 e. The van der Waals surface area contributed by atoms with Crippen LogP contribution in [0, 0.1) is 17.1 Å². The molecule has 0 saturated carbocycles. The zero-order chi connectivity index (χ0) is 18.5. The summed E-state index contributed by atoms with van der Waals surface area (Å²) in [6, 6.07) is 13.7. The molecule has 0 radical (unpaired) electrons. The van der Waals surface area contributed by atoms with Crippen molar-refractivity contribution in [3.63, 3.8) is 0 Å². The van der Waals surface area contributed by atoms with Crippen molar-refractivity contribution in [2.75, 3.05) is 14.2 Å². The van der Waals surface area contributed by atoms with Crippen LogP contribution in [0.25, 0.3) is 22.9 Å². The molecule has 0 aliphatic heterocycles. The molecule has 2 aromatic carbocycles. The molecule has 26 heavy (non-hydrogen) atoms. The van der Waals surface area contributed by atoms with E-state index in [1.165, 1.54) is 23.5 Å². The summed E-state index contributed by atoms with van der Waals surface area (Å²) in [7, 11) is 3.13. The van der Waals surface area contributed by atoms with Crippen LogP contribution < -0.4 is 9.47 Å². The number of thiazole rings is 1. The van der Waals surface area contributed by atoms with Gasteiger partial charge in [0.1, 0.15) is 16.9 Å². The summed E-state index contributed by atoms with van der Waals surface area (Å²) >= 11 is 1.37. The number of rotatable bonds is 5. The maximum atomic E-state index is 13.1. The lowest BCUT2D eigenvalue weighted by molar-refractivity contribution is 0.355. The van der Waals surface area contributed by atoms with Crippen LogP contribution >= 0.6 is 11.3 Å². The second-order valence-corrected chi connectivity index (χ2v) is 6.19. The van der Waals surface area contributed by atoms with Gasteiger partial charge in [-0.2, -0.15) is 5.26 Å². The highest BCUT2D eigenvalue weighted by atomic mass is 32.1. The molecule has 1 heterocycles. The molecule has 0 amide bonds. The number of benzene rings is 2. The predicted octanol–water partition coefficient (Wildman–Crippen LogP) is 5.03. The van der Waals surface area contributed by atoms with Crippen LogP contribution in [0.15, 0.2) is 47.8 Å². The molecule has 0 spiro atoms. The second kappa shape index (κ2) is 7.81. The van der Waals surface area contributed by atoms with E-state index >= 15 is 0 Å². The first kappa shape index (κ1) is 17.6. The van der Waals surface area contributed by atoms with E-state index in [2.05, 4.69) is 11.1 Å². The maximum absolute atomic E-state index is 13.1. The molecular weight excluding hydrogens is 351 g/mol. The highest BCUT2D eigenvalue weighted by Crippen LogP contribution is 2.31. The number of halogens is 1. The highest BCUT2D eigenvalue weighted by Gasteiger charge is 2.10. The van der Waals surface area contributed by atoms with Crippen molar-refractivity contribution in [1.29, 1.82) is 5.26 Å². The van der Waals surface area contributed by atoms with Crippen molar-refractivity contribution in [2.24, 2.45) is 0 Å². The molecule has 0 aliphatic rings. The van der Waals surface area contributed by atoms with Gasteiger partial charge in [-0.05, 0) is 48.0 Å². The van der Waals surface area contributed by atoms with E-state index in [-0.39, 0.29) is 5.82 Å². The number of ether oxygens (including phenoxy) is 2. The molecule has 0 saturated heterocycles. The van der Waals surface area contributed by atoms with Crippen LogP contribution in [0.4, 0.5) is 4.39 Å². The smallest absolute Gasteiger partial charge is 0.161 e. The second-order valence-electron chi connectivity index (χ2n) is 5.33. The van der Waals surface area contributed by atoms with Crippen LogP contribution in [0.5, 0.6) is 11.5 Å². The molecule has 130 valence electrons. The van der Waals surface area contributed by atoms with Gasteiger partial charge >= 0.3 is 0 Å². The van der Waals surface area contributed by atoms with Crippen molar-refractivity contribution >= 4 is 23.0 Å². The average Bonchev–Trinajstić information content (AvgIpc) is 3.16. The summed E-state index contributed by atoms with van der Waals surface area (Å²) in [4.78, 5) is 4.50. The molecule has 0 aliphatic carbocycles. The number of aromatic nitrogens is 1. The Balaban J connectivity index is 1.93. The number of nitrogens with zero attached hydrogens (tertiary/aromatic N) is 2. The van der Waals surface area contributed by atoms with Crippen molar-refractivity contribution in [3.8, 4) is 28.8 Å². The summed E-state index contributed by atoms with van der Waals surface area (Å²) in [5, 5.41) is 12.0. The fourth-order valence-electron chi connectivity index (χ4n) is 2.40. The fourth-order valence-corrected chi connectivity index (χ4v) is 3.20. The van der Waals surface area contributed by atoms with Gasteiger partial charge in [0, 0.05) is 10.9 Å². The monoisotopic (exact) mass is 366 g/mol. The Morgan fingerprint density at radius 1 is 1.12 bits per heavy atom. The van der Waals surface area contributed by atoms with Gasteiger partial charge in [-0.15, -0.1) is 11.3 Å². The van der Waals surface area contributed by atoms with Crippen LogP contribution in [-0.2, 0) is 0 Å². The molecule has 0 bridgehead atoms. The van der Waals surface area contributed by atoms with Gasteiger partial charge < -0.3 is 9.47 Å². The minimum atomic E-state index is -0.296. The zero-order valence-corrected chi connectivity index (χ0v) is 15.0. The fraction of sp³-hybridized carbons (Fsp3) is 0.100. The third-order valence-corrected chi connectivity index (χ3v) is 4.59. The van der Waals surface area contributed by atoms with Crippen molar-refractivity contribution < 1.29 is 13.9 Å². The van der Waals surface area contributed by atoms with E-state index in [9.17, 15) is 9.65 Å². The summed E-state index contributed by atoms with van der Waals surface area (Å²) in [6.07, 6.45) is 1.75. The van der Waals surface area contributed by atoms with Gasteiger partial charge in [0.05, 0.1) is 25.5 Å². The van der Waals surface area contributed by atoms with Crippen molar-refractivity contribution in [3.05, 3.63) is 64.2 Å². The third-order valence-electron chi connectivity index (χ3n) is 3.71. The maximum Gasteiger partial charge on any atom is 0.161 e. The first-order valence-corrected chi connectivity index (χ1v) is 8.58. The number of nitriles is 1. The minimum absolute atomic E-state index is 0.296. The Morgan fingerprint density at radius 3 is 2.50 bits per heavy atom. The predicted molar refractivity (Wildman–Crippen MR) is 101 cm³/mol. The number of hydrogen-bond donors (Lipinski definition) is 0. The standard InChI is InChI=1S/C20H15FN2O2S/c1-24-18-8-3-13(10-19(18)25-2)9-15(11-22)20-23-17(12-26-20)14-4-6-16(21)7-5-14/h3-10,12H,1-2H3/b15-9+. The summed E-state index contributed by atoms with van der Waals surface area (Å²) < 4.78 is 23.6. The van der Waals surface area contributed by atoms with Crippen LogP contribution in [0.2, 0.25) is 0 Å². The molecule has 0 fully saturated rings. The van der Waals surface area contributed by atoms with Crippen LogP contribution in [0.3, 0.4) is 0 Å². The zero-order valence-electron chi connectivity index (χ0n) is 14.2. The Hall–Kier alpha value is -3.17. The molecule has 1 aromatic heterocycles. The van der Waals surface area contributed by atoms with E-state index in [1.807, 2.05) is 11.4 Å². The Kier molecular flexibility index (Phi) is 5.30. The van der Waals surface area contributed by atoms with Crippen LogP contribution in [-0.4, -0.2) is 19.2 Å². The average molecular weight is 366 g/mol. The molecule has 0 N–H and O–H groups in total. The Labute approximate surface area is 154 Å². The molecule has 6 heteroatoms. The van der Waals surface area contributed by atoms with E-state index in [0.717, 1.165) is 11.1 Å². The number of allylic oxidation sites excluding steroid dienone is 1. The summed E-state index contributed by atoms with van der Waals surface area (Å²) in [6.45, 7) is 0. The molecule has 0 unspecified atom stereocenters. The van der Waals surface area contributed by atoms with Gasteiger partial charge in [0.15, 0.2) is 11.5 Å². The van der Waals surface area contributed by atoms with E-state index in [1.54, 1.807) is 44.6 Å². The van der Waals surface area contributed by atoms with Crippen LogP contribution in [0.1, 0.15) is 10.6 Å². The van der Waals surface area contributed by atoms with E-state index in [0.29, 0.717) is 27.8 Å². The Bertz CT molecular complexity index is 988. The quantitative estimate of drug-likeness (QED) is 0.594. The van der Waals surface area contributed by atoms with Gasteiger partial charge in [-0.3, -0.25) is 0 Å². The van der Waals surface area contributed by atoms with E-state index in [4.69, 9.17) is 9.47 Å². The van der Waals surface area contributed by atoms with Gasteiger partial charge in [0.2, 0.25) is 0 Å². The molecule has 4 nitrogen and oxygen atoms in total. The number of methoxy groups -OCH3 is 2. The molecule has 3 rings (SSSR count). The summed E-state index contributed by atoms with van der Waals surface area (Å²) in [5.41, 5.74) is 2.75. The first-order chi connectivity index (χ1) is 12.6. The topological polar surface area (TPSA) is 55.1 Å². The highest BCUT2D eigenvalue weighted by molar-refractivity contribution is 7.11. The normalized spacial score (nSPS) is 11.1. The van der Waals surface area contributed by atoms with E-state index < -0.39 is 0 Å². The third kappa shape index (κ3) is 3.73. The summed E-state index contributed by atoms with van der Waals surface area (Å²) in [5.74, 6) is 0.913. The molecule has 0 atom stereocenters. The molecular formula is C20H15FN2O2S.